The number of piperidine rings is 1. The van der Waals surface area contributed by atoms with E-state index >= 15 is 0 Å². The van der Waals surface area contributed by atoms with Gasteiger partial charge in [0.25, 0.3) is 0 Å². The third kappa shape index (κ3) is 5.25. The zero-order chi connectivity index (χ0) is 18.8. The van der Waals surface area contributed by atoms with Gasteiger partial charge in [0.1, 0.15) is 11.0 Å². The molecule has 0 aliphatic carbocycles. The fourth-order valence-electron chi connectivity index (χ4n) is 2.63. The lowest BCUT2D eigenvalue weighted by molar-refractivity contribution is -0.130. The van der Waals surface area contributed by atoms with Gasteiger partial charge in [0, 0.05) is 32.6 Å². The number of likely N-dealkylation sites (tertiary alicyclic amines) is 1. The largest absolute Gasteiger partial charge is 0.458 e. The first kappa shape index (κ1) is 19.8. The van der Waals surface area contributed by atoms with E-state index in [1.807, 2.05) is 6.92 Å². The first-order valence-electron chi connectivity index (χ1n) is 8.69. The molecule has 25 heavy (non-hydrogen) atoms. The van der Waals surface area contributed by atoms with E-state index in [0.29, 0.717) is 11.4 Å². The van der Waals surface area contributed by atoms with E-state index in [1.54, 1.807) is 19.0 Å². The van der Waals surface area contributed by atoms with Crippen molar-refractivity contribution in [3.63, 3.8) is 0 Å². The van der Waals surface area contributed by atoms with Gasteiger partial charge in [-0.1, -0.05) is 20.8 Å². The van der Waals surface area contributed by atoms with E-state index in [9.17, 15) is 9.59 Å². The summed E-state index contributed by atoms with van der Waals surface area (Å²) < 4.78 is 5.69. The summed E-state index contributed by atoms with van der Waals surface area (Å²) in [6.45, 7) is 10.1. The number of hydrogen-bond donors (Lipinski definition) is 0. The average molecular weight is 368 g/mol. The predicted molar refractivity (Wildman–Crippen MR) is 99.1 cm³/mol. The highest BCUT2D eigenvalue weighted by Gasteiger charge is 2.28. The standard InChI is InChI=1S/C18H29N3O3S/c1-12-15(25-17(19-12)18(2,3)4)16(23)24-13-7-9-21(10-8-13)11-14(22)20(5)6/h13H,7-11H2,1-6H3. The second-order valence-corrected chi connectivity index (χ2v) is 8.85. The Balaban J connectivity index is 1.89. The van der Waals surface area contributed by atoms with E-state index < -0.39 is 0 Å². The lowest BCUT2D eigenvalue weighted by atomic mass is 9.98. The number of aryl methyl sites for hydroxylation is 1. The Bertz CT molecular complexity index is 626. The maximum Gasteiger partial charge on any atom is 0.350 e. The van der Waals surface area contributed by atoms with E-state index in [-0.39, 0.29) is 23.4 Å². The minimum Gasteiger partial charge on any atom is -0.458 e. The highest BCUT2D eigenvalue weighted by atomic mass is 32.1. The lowest BCUT2D eigenvalue weighted by Gasteiger charge is -2.31. The van der Waals surface area contributed by atoms with Gasteiger partial charge in [-0.3, -0.25) is 9.69 Å². The smallest absolute Gasteiger partial charge is 0.350 e. The molecule has 1 aliphatic heterocycles. The molecule has 1 aliphatic rings. The molecule has 0 saturated carbocycles. The molecule has 2 heterocycles. The molecule has 6 nitrogen and oxygen atoms in total. The summed E-state index contributed by atoms with van der Waals surface area (Å²) in [5, 5.41) is 0.953. The van der Waals surface area contributed by atoms with Crippen LogP contribution in [0.15, 0.2) is 0 Å². The molecular weight excluding hydrogens is 338 g/mol. The molecule has 140 valence electrons. The van der Waals surface area contributed by atoms with Crippen molar-refractivity contribution in [1.29, 1.82) is 0 Å². The third-order valence-corrected chi connectivity index (χ3v) is 5.85. The maximum atomic E-state index is 12.5. The number of carbonyl (C=O) groups is 2. The van der Waals surface area contributed by atoms with Gasteiger partial charge in [-0.15, -0.1) is 11.3 Å². The van der Waals surface area contributed by atoms with E-state index in [0.717, 1.165) is 36.6 Å². The van der Waals surface area contributed by atoms with E-state index in [4.69, 9.17) is 4.74 Å². The van der Waals surface area contributed by atoms with Gasteiger partial charge in [-0.2, -0.15) is 0 Å². The molecule has 0 spiro atoms. The van der Waals surface area contributed by atoms with Crippen LogP contribution in [0.25, 0.3) is 0 Å². The number of rotatable bonds is 4. The third-order valence-electron chi connectivity index (χ3n) is 4.29. The maximum absolute atomic E-state index is 12.5. The van der Waals surface area contributed by atoms with Crippen molar-refractivity contribution < 1.29 is 14.3 Å². The SMILES string of the molecule is Cc1nc(C(C)(C)C)sc1C(=O)OC1CCN(CC(=O)N(C)C)CC1. The van der Waals surface area contributed by atoms with Crippen LogP contribution in [-0.2, 0) is 14.9 Å². The van der Waals surface area contributed by atoms with Gasteiger partial charge < -0.3 is 9.64 Å². The van der Waals surface area contributed by atoms with Crippen LogP contribution < -0.4 is 0 Å². The Morgan fingerprint density at radius 3 is 2.36 bits per heavy atom. The normalized spacial score (nSPS) is 16.7. The Kier molecular flexibility index (Phi) is 6.21. The van der Waals surface area contributed by atoms with Crippen LogP contribution in [0.4, 0.5) is 0 Å². The van der Waals surface area contributed by atoms with Crippen molar-refractivity contribution in [2.24, 2.45) is 0 Å². The van der Waals surface area contributed by atoms with Crippen LogP contribution >= 0.6 is 11.3 Å². The fourth-order valence-corrected chi connectivity index (χ4v) is 3.64. The number of thiazole rings is 1. The molecule has 1 aromatic heterocycles. The second-order valence-electron chi connectivity index (χ2n) is 7.85. The molecule has 1 aromatic rings. The summed E-state index contributed by atoms with van der Waals surface area (Å²) in [4.78, 5) is 33.1. The average Bonchev–Trinajstić information content (AvgIpc) is 2.91. The van der Waals surface area contributed by atoms with Crippen LogP contribution in [-0.4, -0.2) is 66.5 Å². The van der Waals surface area contributed by atoms with Gasteiger partial charge in [-0.05, 0) is 19.8 Å². The number of ether oxygens (including phenoxy) is 1. The zero-order valence-electron chi connectivity index (χ0n) is 16.1. The van der Waals surface area contributed by atoms with Crippen LogP contribution in [0.3, 0.4) is 0 Å². The zero-order valence-corrected chi connectivity index (χ0v) is 16.9. The first-order chi connectivity index (χ1) is 11.6. The van der Waals surface area contributed by atoms with Crippen LogP contribution in [0.2, 0.25) is 0 Å². The quantitative estimate of drug-likeness (QED) is 0.765. The molecule has 0 aromatic carbocycles. The van der Waals surface area contributed by atoms with Crippen LogP contribution in [0.1, 0.15) is 54.0 Å². The highest BCUT2D eigenvalue weighted by Crippen LogP contribution is 2.30. The van der Waals surface area contributed by atoms with E-state index in [1.165, 1.54) is 11.3 Å². The minimum atomic E-state index is -0.270. The van der Waals surface area contributed by atoms with Crippen LogP contribution in [0.5, 0.6) is 0 Å². The van der Waals surface area contributed by atoms with Crippen molar-refractivity contribution in [3.05, 3.63) is 15.6 Å². The van der Waals surface area contributed by atoms with Crippen molar-refractivity contribution in [2.75, 3.05) is 33.7 Å². The molecule has 1 saturated heterocycles. The molecule has 0 bridgehead atoms. The topological polar surface area (TPSA) is 62.7 Å². The monoisotopic (exact) mass is 367 g/mol. The van der Waals surface area contributed by atoms with Gasteiger partial charge in [0.2, 0.25) is 5.91 Å². The van der Waals surface area contributed by atoms with Crippen molar-refractivity contribution >= 4 is 23.2 Å². The molecule has 7 heteroatoms. The molecular formula is C18H29N3O3S. The summed E-state index contributed by atoms with van der Waals surface area (Å²) in [6, 6.07) is 0. The Morgan fingerprint density at radius 2 is 1.88 bits per heavy atom. The number of aromatic nitrogens is 1. The Hall–Kier alpha value is -1.47. The van der Waals surface area contributed by atoms with Gasteiger partial charge in [0.05, 0.1) is 17.2 Å². The number of esters is 1. The van der Waals surface area contributed by atoms with Crippen molar-refractivity contribution in [3.8, 4) is 0 Å². The van der Waals surface area contributed by atoms with Crippen molar-refractivity contribution in [1.82, 2.24) is 14.8 Å². The highest BCUT2D eigenvalue weighted by molar-refractivity contribution is 7.13. The number of carbonyl (C=O) groups excluding carboxylic acids is 2. The summed E-state index contributed by atoms with van der Waals surface area (Å²) in [7, 11) is 3.53. The molecule has 0 unspecified atom stereocenters. The molecule has 0 atom stereocenters. The molecule has 1 fully saturated rings. The fraction of sp³-hybridized carbons (Fsp3) is 0.722. The summed E-state index contributed by atoms with van der Waals surface area (Å²) >= 11 is 1.43. The number of nitrogens with zero attached hydrogens (tertiary/aromatic N) is 3. The van der Waals surface area contributed by atoms with Gasteiger partial charge >= 0.3 is 5.97 Å². The molecule has 2 rings (SSSR count). The first-order valence-corrected chi connectivity index (χ1v) is 9.51. The number of hydrogen-bond acceptors (Lipinski definition) is 6. The van der Waals surface area contributed by atoms with Gasteiger partial charge in [-0.25, -0.2) is 9.78 Å². The lowest BCUT2D eigenvalue weighted by Crippen LogP contribution is -2.43. The predicted octanol–water partition coefficient (Wildman–Crippen LogP) is 2.46. The van der Waals surface area contributed by atoms with Crippen molar-refractivity contribution in [2.45, 2.75) is 52.1 Å². The molecule has 0 N–H and O–H groups in total. The number of likely N-dealkylation sites (N-methyl/N-ethyl adjacent to an activating group) is 1. The van der Waals surface area contributed by atoms with E-state index in [2.05, 4.69) is 30.7 Å². The molecule has 0 radical (unpaired) electrons. The van der Waals surface area contributed by atoms with Crippen LogP contribution in [0, 0.1) is 6.92 Å². The molecule has 1 amide bonds. The Labute approximate surface area is 154 Å². The summed E-state index contributed by atoms with van der Waals surface area (Å²) in [6.07, 6.45) is 1.44. The Morgan fingerprint density at radius 1 is 1.28 bits per heavy atom. The summed E-state index contributed by atoms with van der Waals surface area (Å²) in [5.41, 5.74) is 0.673. The summed E-state index contributed by atoms with van der Waals surface area (Å²) in [5.74, 6) is -0.168. The minimum absolute atomic E-state index is 0.0712. The second kappa shape index (κ2) is 7.83. The number of amides is 1. The van der Waals surface area contributed by atoms with Gasteiger partial charge in [0.15, 0.2) is 0 Å².